The molecule has 0 aliphatic heterocycles. The first kappa shape index (κ1) is 12.0. The Kier molecular flexibility index (Phi) is 4.56. The van der Waals surface area contributed by atoms with Crippen LogP contribution in [0.25, 0.3) is 0 Å². The normalized spacial score (nSPS) is 12.5. The molecule has 0 aromatic heterocycles. The average molecular weight is 211 g/mol. The van der Waals surface area contributed by atoms with Crippen LogP contribution in [-0.4, -0.2) is 13.2 Å². The van der Waals surface area contributed by atoms with E-state index in [0.29, 0.717) is 6.54 Å². The molecule has 1 atom stereocenters. The highest BCUT2D eigenvalue weighted by Gasteiger charge is 2.07. The Morgan fingerprint density at radius 1 is 1.47 bits per heavy atom. The Balaban J connectivity index is 2.85. The van der Waals surface area contributed by atoms with Gasteiger partial charge in [-0.15, -0.1) is 0 Å². The maximum atomic E-state index is 13.0. The highest BCUT2D eigenvalue weighted by atomic mass is 19.1. The van der Waals surface area contributed by atoms with Crippen molar-refractivity contribution in [2.24, 2.45) is 0 Å². The Morgan fingerprint density at radius 2 is 2.20 bits per heavy atom. The minimum atomic E-state index is -0.225. The Hall–Kier alpha value is -1.09. The zero-order valence-electron chi connectivity index (χ0n) is 9.51. The summed E-state index contributed by atoms with van der Waals surface area (Å²) < 4.78 is 18.7. The molecule has 0 saturated carbocycles. The quantitative estimate of drug-likeness (QED) is 0.808. The van der Waals surface area contributed by atoms with Crippen molar-refractivity contribution in [2.45, 2.75) is 32.9 Å². The van der Waals surface area contributed by atoms with Crippen LogP contribution < -0.4 is 10.1 Å². The molecule has 0 saturated heterocycles. The SMILES string of the molecule is CCC(C)Oc1ccc(F)cc1CNC. The highest BCUT2D eigenvalue weighted by Crippen LogP contribution is 2.21. The van der Waals surface area contributed by atoms with Crippen molar-refractivity contribution in [3.05, 3.63) is 29.6 Å². The van der Waals surface area contributed by atoms with Gasteiger partial charge >= 0.3 is 0 Å². The lowest BCUT2D eigenvalue weighted by molar-refractivity contribution is 0.214. The van der Waals surface area contributed by atoms with Crippen LogP contribution in [0.2, 0.25) is 0 Å². The van der Waals surface area contributed by atoms with E-state index < -0.39 is 0 Å². The van der Waals surface area contributed by atoms with E-state index in [9.17, 15) is 4.39 Å². The van der Waals surface area contributed by atoms with E-state index in [1.54, 1.807) is 6.07 Å². The standard InChI is InChI=1S/C12H18FNO/c1-4-9(2)15-12-6-5-11(13)7-10(12)8-14-3/h5-7,9,14H,4,8H2,1-3H3. The lowest BCUT2D eigenvalue weighted by Crippen LogP contribution is -2.13. The third kappa shape index (κ3) is 3.51. The predicted molar refractivity (Wildman–Crippen MR) is 59.5 cm³/mol. The molecule has 0 amide bonds. The largest absolute Gasteiger partial charge is 0.490 e. The van der Waals surface area contributed by atoms with E-state index in [0.717, 1.165) is 17.7 Å². The monoisotopic (exact) mass is 211 g/mol. The number of hydrogen-bond acceptors (Lipinski definition) is 2. The summed E-state index contributed by atoms with van der Waals surface area (Å²) in [5.74, 6) is 0.539. The van der Waals surface area contributed by atoms with Crippen LogP contribution in [0.1, 0.15) is 25.8 Å². The van der Waals surface area contributed by atoms with Gasteiger partial charge in [-0.1, -0.05) is 6.92 Å². The molecule has 2 nitrogen and oxygen atoms in total. The van der Waals surface area contributed by atoms with E-state index in [1.165, 1.54) is 12.1 Å². The van der Waals surface area contributed by atoms with Crippen molar-refractivity contribution < 1.29 is 9.13 Å². The maximum absolute atomic E-state index is 13.0. The summed E-state index contributed by atoms with van der Waals surface area (Å²) in [5, 5.41) is 3.00. The minimum Gasteiger partial charge on any atom is -0.490 e. The van der Waals surface area contributed by atoms with Crippen LogP contribution in [0.15, 0.2) is 18.2 Å². The molecule has 0 aliphatic carbocycles. The van der Waals surface area contributed by atoms with Crippen LogP contribution in [0, 0.1) is 5.82 Å². The second-order valence-corrected chi connectivity index (χ2v) is 3.62. The smallest absolute Gasteiger partial charge is 0.124 e. The molecule has 1 unspecified atom stereocenters. The van der Waals surface area contributed by atoms with Crippen molar-refractivity contribution >= 4 is 0 Å². The van der Waals surface area contributed by atoms with Gasteiger partial charge in [0.1, 0.15) is 11.6 Å². The summed E-state index contributed by atoms with van der Waals surface area (Å²) in [4.78, 5) is 0. The van der Waals surface area contributed by atoms with Gasteiger partial charge in [-0.05, 0) is 38.6 Å². The second kappa shape index (κ2) is 5.71. The molecular formula is C12H18FNO. The summed E-state index contributed by atoms with van der Waals surface area (Å²) in [6.45, 7) is 4.68. The lowest BCUT2D eigenvalue weighted by atomic mass is 10.2. The van der Waals surface area contributed by atoms with Crippen LogP contribution in [0.4, 0.5) is 4.39 Å². The lowest BCUT2D eigenvalue weighted by Gasteiger charge is -2.16. The van der Waals surface area contributed by atoms with Gasteiger partial charge in [0.15, 0.2) is 0 Å². The summed E-state index contributed by atoms with van der Waals surface area (Å²) in [6.07, 6.45) is 1.10. The third-order valence-electron chi connectivity index (χ3n) is 2.29. The number of nitrogens with one attached hydrogen (secondary N) is 1. The van der Waals surface area contributed by atoms with Crippen molar-refractivity contribution in [3.8, 4) is 5.75 Å². The highest BCUT2D eigenvalue weighted by molar-refractivity contribution is 5.34. The second-order valence-electron chi connectivity index (χ2n) is 3.62. The number of benzene rings is 1. The third-order valence-corrected chi connectivity index (χ3v) is 2.29. The summed E-state index contributed by atoms with van der Waals surface area (Å²) >= 11 is 0. The fourth-order valence-electron chi connectivity index (χ4n) is 1.29. The molecule has 1 N–H and O–H groups in total. The zero-order chi connectivity index (χ0) is 11.3. The molecule has 0 fully saturated rings. The van der Waals surface area contributed by atoms with E-state index in [1.807, 2.05) is 14.0 Å². The molecule has 0 bridgehead atoms. The first-order valence-corrected chi connectivity index (χ1v) is 5.27. The average Bonchev–Trinajstić information content (AvgIpc) is 2.22. The molecule has 1 aromatic carbocycles. The Morgan fingerprint density at radius 3 is 2.80 bits per heavy atom. The molecule has 0 spiro atoms. The topological polar surface area (TPSA) is 21.3 Å². The maximum Gasteiger partial charge on any atom is 0.124 e. The molecule has 1 rings (SSSR count). The van der Waals surface area contributed by atoms with Crippen molar-refractivity contribution in [3.63, 3.8) is 0 Å². The Labute approximate surface area is 90.4 Å². The van der Waals surface area contributed by atoms with Crippen LogP contribution in [0.3, 0.4) is 0 Å². The first-order chi connectivity index (χ1) is 7.17. The number of hydrogen-bond donors (Lipinski definition) is 1. The van der Waals surface area contributed by atoms with E-state index in [2.05, 4.69) is 12.2 Å². The molecule has 0 radical (unpaired) electrons. The molecule has 0 heterocycles. The molecule has 0 aliphatic rings. The van der Waals surface area contributed by atoms with Gasteiger partial charge in [-0.2, -0.15) is 0 Å². The van der Waals surface area contributed by atoms with Gasteiger partial charge in [0.2, 0.25) is 0 Å². The minimum absolute atomic E-state index is 0.158. The van der Waals surface area contributed by atoms with Gasteiger partial charge in [0.05, 0.1) is 6.10 Å². The fourth-order valence-corrected chi connectivity index (χ4v) is 1.29. The van der Waals surface area contributed by atoms with E-state index in [-0.39, 0.29) is 11.9 Å². The van der Waals surface area contributed by atoms with Crippen molar-refractivity contribution in [1.29, 1.82) is 0 Å². The summed E-state index contributed by atoms with van der Waals surface area (Å²) in [6, 6.07) is 4.62. The van der Waals surface area contributed by atoms with Gasteiger partial charge in [0.25, 0.3) is 0 Å². The molecule has 15 heavy (non-hydrogen) atoms. The van der Waals surface area contributed by atoms with Crippen LogP contribution in [0.5, 0.6) is 5.75 Å². The number of rotatable bonds is 5. The summed E-state index contributed by atoms with van der Waals surface area (Å²) in [5.41, 5.74) is 0.859. The van der Waals surface area contributed by atoms with Crippen molar-refractivity contribution in [2.75, 3.05) is 7.05 Å². The number of halogens is 1. The molecule has 1 aromatic rings. The number of ether oxygens (including phenoxy) is 1. The van der Waals surface area contributed by atoms with Gasteiger partial charge in [-0.25, -0.2) is 4.39 Å². The van der Waals surface area contributed by atoms with Gasteiger partial charge in [-0.3, -0.25) is 0 Å². The summed E-state index contributed by atoms with van der Waals surface area (Å²) in [7, 11) is 1.83. The molecule has 84 valence electrons. The van der Waals surface area contributed by atoms with E-state index in [4.69, 9.17) is 4.74 Å². The van der Waals surface area contributed by atoms with Gasteiger partial charge < -0.3 is 10.1 Å². The first-order valence-electron chi connectivity index (χ1n) is 5.27. The van der Waals surface area contributed by atoms with Gasteiger partial charge in [0, 0.05) is 12.1 Å². The zero-order valence-corrected chi connectivity index (χ0v) is 9.51. The van der Waals surface area contributed by atoms with Crippen LogP contribution >= 0.6 is 0 Å². The molecular weight excluding hydrogens is 193 g/mol. The Bertz CT molecular complexity index is 314. The molecule has 3 heteroatoms. The van der Waals surface area contributed by atoms with Crippen LogP contribution in [-0.2, 0) is 6.54 Å². The fraction of sp³-hybridized carbons (Fsp3) is 0.500. The van der Waals surface area contributed by atoms with E-state index >= 15 is 0 Å². The predicted octanol–water partition coefficient (Wildman–Crippen LogP) is 2.72. The van der Waals surface area contributed by atoms with Crippen molar-refractivity contribution in [1.82, 2.24) is 5.32 Å².